The van der Waals surface area contributed by atoms with Crippen LogP contribution in [-0.2, 0) is 24.9 Å². The SMILES string of the molecule is COc1ccc(Oc2ncc(CN3CCc4nc(C(C)(C)C)ncc4C3)s2)cc1. The van der Waals surface area contributed by atoms with Crippen molar-refractivity contribution in [2.75, 3.05) is 13.7 Å². The molecule has 0 aliphatic carbocycles. The van der Waals surface area contributed by atoms with Gasteiger partial charge in [-0.3, -0.25) is 4.90 Å². The smallest absolute Gasteiger partial charge is 0.278 e. The highest BCUT2D eigenvalue weighted by Crippen LogP contribution is 2.29. The molecule has 0 saturated heterocycles. The Hall–Kier alpha value is -2.51. The average molecular weight is 411 g/mol. The second-order valence-corrected chi connectivity index (χ2v) is 9.32. The first-order valence-corrected chi connectivity index (χ1v) is 10.6. The summed E-state index contributed by atoms with van der Waals surface area (Å²) in [5.74, 6) is 2.49. The quantitative estimate of drug-likeness (QED) is 0.613. The lowest BCUT2D eigenvalue weighted by molar-refractivity contribution is 0.244. The van der Waals surface area contributed by atoms with Crippen LogP contribution in [0.5, 0.6) is 16.7 Å². The van der Waals surface area contributed by atoms with Gasteiger partial charge in [-0.25, -0.2) is 15.0 Å². The number of benzene rings is 1. The zero-order valence-corrected chi connectivity index (χ0v) is 18.1. The van der Waals surface area contributed by atoms with E-state index in [0.717, 1.165) is 43.4 Å². The molecule has 1 aliphatic rings. The number of rotatable bonds is 5. The van der Waals surface area contributed by atoms with E-state index in [1.54, 1.807) is 18.4 Å². The van der Waals surface area contributed by atoms with Crippen molar-refractivity contribution in [2.24, 2.45) is 0 Å². The van der Waals surface area contributed by atoms with Crippen molar-refractivity contribution >= 4 is 11.3 Å². The molecule has 6 nitrogen and oxygen atoms in total. The number of methoxy groups -OCH3 is 1. The second-order valence-electron chi connectivity index (χ2n) is 8.25. The minimum Gasteiger partial charge on any atom is -0.497 e. The molecule has 0 saturated carbocycles. The molecule has 1 aliphatic heterocycles. The molecule has 7 heteroatoms. The number of aromatic nitrogens is 3. The monoisotopic (exact) mass is 410 g/mol. The van der Waals surface area contributed by atoms with E-state index >= 15 is 0 Å². The summed E-state index contributed by atoms with van der Waals surface area (Å²) in [6, 6.07) is 7.52. The third kappa shape index (κ3) is 4.74. The van der Waals surface area contributed by atoms with Gasteiger partial charge in [0.15, 0.2) is 0 Å². The molecule has 0 N–H and O–H groups in total. The minimum atomic E-state index is -0.0188. The first-order valence-electron chi connectivity index (χ1n) is 9.75. The van der Waals surface area contributed by atoms with Gasteiger partial charge in [-0.2, -0.15) is 0 Å². The van der Waals surface area contributed by atoms with Crippen molar-refractivity contribution in [2.45, 2.75) is 45.7 Å². The lowest BCUT2D eigenvalue weighted by Gasteiger charge is -2.28. The first kappa shape index (κ1) is 19.8. The van der Waals surface area contributed by atoms with Crippen molar-refractivity contribution < 1.29 is 9.47 Å². The molecule has 152 valence electrons. The van der Waals surface area contributed by atoms with Gasteiger partial charge in [0.1, 0.15) is 17.3 Å². The Morgan fingerprint density at radius 2 is 1.83 bits per heavy atom. The van der Waals surface area contributed by atoms with Gasteiger partial charge in [-0.05, 0) is 24.3 Å². The van der Waals surface area contributed by atoms with E-state index in [9.17, 15) is 0 Å². The third-order valence-electron chi connectivity index (χ3n) is 4.86. The summed E-state index contributed by atoms with van der Waals surface area (Å²) in [4.78, 5) is 17.4. The van der Waals surface area contributed by atoms with E-state index in [0.29, 0.717) is 5.19 Å². The Balaban J connectivity index is 1.38. The Kier molecular flexibility index (Phi) is 5.52. The molecule has 0 fully saturated rings. The van der Waals surface area contributed by atoms with Crippen LogP contribution in [0.4, 0.5) is 0 Å². The maximum Gasteiger partial charge on any atom is 0.278 e. The lowest BCUT2D eigenvalue weighted by atomic mass is 9.95. The fourth-order valence-electron chi connectivity index (χ4n) is 3.25. The topological polar surface area (TPSA) is 60.4 Å². The summed E-state index contributed by atoms with van der Waals surface area (Å²) >= 11 is 1.58. The van der Waals surface area contributed by atoms with Crippen molar-refractivity contribution in [3.8, 4) is 16.7 Å². The Morgan fingerprint density at radius 3 is 2.55 bits per heavy atom. The number of hydrogen-bond acceptors (Lipinski definition) is 7. The molecule has 2 aromatic heterocycles. The standard InChI is InChI=1S/C22H26N4O2S/c1-22(2,3)20-23-11-15-13-26(10-9-19(15)25-20)14-18-12-24-21(29-18)28-17-7-5-16(27-4)6-8-17/h5-8,11-12H,9-10,13-14H2,1-4H3. The first-order chi connectivity index (χ1) is 13.9. The molecule has 4 rings (SSSR count). The summed E-state index contributed by atoms with van der Waals surface area (Å²) in [6.45, 7) is 9.16. The molecule has 0 bridgehead atoms. The van der Waals surface area contributed by atoms with Gasteiger partial charge >= 0.3 is 0 Å². The van der Waals surface area contributed by atoms with Crippen LogP contribution in [-0.4, -0.2) is 33.5 Å². The number of hydrogen-bond donors (Lipinski definition) is 0. The fourth-order valence-corrected chi connectivity index (χ4v) is 4.07. The molecule has 0 amide bonds. The molecule has 3 aromatic rings. The van der Waals surface area contributed by atoms with Crippen molar-refractivity contribution in [1.29, 1.82) is 0 Å². The molecular formula is C22H26N4O2S. The highest BCUT2D eigenvalue weighted by molar-refractivity contribution is 7.13. The molecule has 1 aromatic carbocycles. The minimum absolute atomic E-state index is 0.0188. The molecule has 0 unspecified atom stereocenters. The summed E-state index contributed by atoms with van der Waals surface area (Å²) in [5.41, 5.74) is 2.40. The molecular weight excluding hydrogens is 384 g/mol. The van der Waals surface area contributed by atoms with E-state index in [4.69, 9.17) is 14.5 Å². The highest BCUT2D eigenvalue weighted by atomic mass is 32.1. The van der Waals surface area contributed by atoms with Crippen LogP contribution in [0.25, 0.3) is 0 Å². The van der Waals surface area contributed by atoms with E-state index < -0.39 is 0 Å². The summed E-state index contributed by atoms with van der Waals surface area (Å²) in [6.07, 6.45) is 4.85. The lowest BCUT2D eigenvalue weighted by Crippen LogP contribution is -2.31. The van der Waals surface area contributed by atoms with Gasteiger partial charge in [0.2, 0.25) is 0 Å². The number of fused-ring (bicyclic) bond motifs is 1. The molecule has 0 radical (unpaired) electrons. The maximum absolute atomic E-state index is 5.86. The fraction of sp³-hybridized carbons (Fsp3) is 0.409. The average Bonchev–Trinajstić information content (AvgIpc) is 3.14. The van der Waals surface area contributed by atoms with Crippen molar-refractivity contribution in [3.63, 3.8) is 0 Å². The Bertz CT molecular complexity index is 979. The van der Waals surface area contributed by atoms with E-state index in [2.05, 4.69) is 35.6 Å². The summed E-state index contributed by atoms with van der Waals surface area (Å²) < 4.78 is 11.0. The van der Waals surface area contributed by atoms with Crippen LogP contribution < -0.4 is 9.47 Å². The number of thiazole rings is 1. The predicted octanol–water partition coefficient (Wildman–Crippen LogP) is 4.59. The maximum atomic E-state index is 5.86. The van der Waals surface area contributed by atoms with E-state index in [-0.39, 0.29) is 5.41 Å². The zero-order valence-electron chi connectivity index (χ0n) is 17.3. The van der Waals surface area contributed by atoms with Gasteiger partial charge < -0.3 is 9.47 Å². The molecule has 0 atom stereocenters. The number of ether oxygens (including phenoxy) is 2. The van der Waals surface area contributed by atoms with Crippen LogP contribution in [0.15, 0.2) is 36.7 Å². The largest absolute Gasteiger partial charge is 0.497 e. The van der Waals surface area contributed by atoms with Crippen LogP contribution in [0.2, 0.25) is 0 Å². The van der Waals surface area contributed by atoms with Crippen LogP contribution in [0.3, 0.4) is 0 Å². The highest BCUT2D eigenvalue weighted by Gasteiger charge is 2.23. The van der Waals surface area contributed by atoms with E-state index in [1.807, 2.05) is 36.7 Å². The third-order valence-corrected chi connectivity index (χ3v) is 5.72. The van der Waals surface area contributed by atoms with Crippen molar-refractivity contribution in [1.82, 2.24) is 19.9 Å². The van der Waals surface area contributed by atoms with Gasteiger partial charge in [0.05, 0.1) is 7.11 Å². The Morgan fingerprint density at radius 1 is 1.07 bits per heavy atom. The van der Waals surface area contributed by atoms with Gasteiger partial charge in [-0.15, -0.1) is 0 Å². The van der Waals surface area contributed by atoms with Gasteiger partial charge in [0.25, 0.3) is 5.19 Å². The van der Waals surface area contributed by atoms with Crippen LogP contribution in [0.1, 0.15) is 42.7 Å². The zero-order chi connectivity index (χ0) is 20.4. The normalized spacial score (nSPS) is 14.5. The van der Waals surface area contributed by atoms with Gasteiger partial charge in [-0.1, -0.05) is 32.1 Å². The molecule has 3 heterocycles. The molecule has 0 spiro atoms. The number of nitrogens with zero attached hydrogens (tertiary/aromatic N) is 4. The second kappa shape index (κ2) is 8.08. The predicted molar refractivity (Wildman–Crippen MR) is 114 cm³/mol. The molecule has 29 heavy (non-hydrogen) atoms. The van der Waals surface area contributed by atoms with E-state index in [1.165, 1.54) is 16.1 Å². The van der Waals surface area contributed by atoms with Crippen LogP contribution in [0, 0.1) is 0 Å². The van der Waals surface area contributed by atoms with Gasteiger partial charge in [0, 0.05) is 60.0 Å². The van der Waals surface area contributed by atoms with Crippen LogP contribution >= 0.6 is 11.3 Å². The Labute approximate surface area is 175 Å². The summed E-state index contributed by atoms with van der Waals surface area (Å²) in [5, 5.41) is 0.653. The summed E-state index contributed by atoms with van der Waals surface area (Å²) in [7, 11) is 1.65. The van der Waals surface area contributed by atoms with Crippen molar-refractivity contribution in [3.05, 3.63) is 58.6 Å².